The van der Waals surface area contributed by atoms with Gasteiger partial charge >= 0.3 is 0 Å². The van der Waals surface area contributed by atoms with Crippen LogP contribution in [0.1, 0.15) is 33.6 Å². The summed E-state index contributed by atoms with van der Waals surface area (Å²) in [4.78, 5) is 4.11. The van der Waals surface area contributed by atoms with Gasteiger partial charge in [0.15, 0.2) is 5.96 Å². The van der Waals surface area contributed by atoms with Gasteiger partial charge in [-0.3, -0.25) is 4.99 Å². The highest BCUT2D eigenvalue weighted by atomic mass is 127. The van der Waals surface area contributed by atoms with E-state index in [9.17, 15) is 0 Å². The van der Waals surface area contributed by atoms with Crippen molar-refractivity contribution >= 4 is 29.9 Å². The van der Waals surface area contributed by atoms with E-state index in [1.54, 1.807) is 7.05 Å². The predicted molar refractivity (Wildman–Crippen MR) is 85.3 cm³/mol. The molecule has 0 saturated carbocycles. The highest BCUT2D eigenvalue weighted by Crippen LogP contribution is 1.98. The van der Waals surface area contributed by atoms with Crippen LogP contribution in [-0.4, -0.2) is 39.3 Å². The van der Waals surface area contributed by atoms with E-state index >= 15 is 0 Å². The van der Waals surface area contributed by atoms with E-state index in [2.05, 4.69) is 36.4 Å². The molecule has 0 aromatic carbocycles. The SMILES string of the molecule is CCCNC(=NC)NCCOCCC(C)C.I. The monoisotopic (exact) mass is 357 g/mol. The van der Waals surface area contributed by atoms with Crippen molar-refractivity contribution in [2.75, 3.05) is 33.4 Å². The summed E-state index contributed by atoms with van der Waals surface area (Å²) in [7, 11) is 1.78. The smallest absolute Gasteiger partial charge is 0.191 e. The topological polar surface area (TPSA) is 45.7 Å². The molecule has 0 unspecified atom stereocenters. The van der Waals surface area contributed by atoms with E-state index in [4.69, 9.17) is 4.74 Å². The molecule has 0 amide bonds. The number of hydrogen-bond donors (Lipinski definition) is 2. The van der Waals surface area contributed by atoms with E-state index in [0.717, 1.165) is 45.1 Å². The predicted octanol–water partition coefficient (Wildman–Crippen LogP) is 2.24. The zero-order chi connectivity index (χ0) is 12.2. The fraction of sp³-hybridized carbons (Fsp3) is 0.917. The Morgan fingerprint density at radius 3 is 2.35 bits per heavy atom. The fourth-order valence-corrected chi connectivity index (χ4v) is 1.13. The van der Waals surface area contributed by atoms with Crippen LogP contribution in [0.25, 0.3) is 0 Å². The van der Waals surface area contributed by atoms with Crippen molar-refractivity contribution in [3.05, 3.63) is 0 Å². The molecule has 0 bridgehead atoms. The average Bonchev–Trinajstić information content (AvgIpc) is 2.26. The second kappa shape index (κ2) is 14.0. The Kier molecular flexibility index (Phi) is 15.9. The summed E-state index contributed by atoms with van der Waals surface area (Å²) in [6, 6.07) is 0. The maximum absolute atomic E-state index is 5.50. The van der Waals surface area contributed by atoms with Crippen LogP contribution >= 0.6 is 24.0 Å². The van der Waals surface area contributed by atoms with Gasteiger partial charge in [0.1, 0.15) is 0 Å². The molecule has 17 heavy (non-hydrogen) atoms. The number of guanidine groups is 1. The Balaban J connectivity index is 0. The Hall–Kier alpha value is -0.0400. The summed E-state index contributed by atoms with van der Waals surface area (Å²) in [5.41, 5.74) is 0. The van der Waals surface area contributed by atoms with Gasteiger partial charge in [0.25, 0.3) is 0 Å². The molecule has 0 spiro atoms. The minimum Gasteiger partial charge on any atom is -0.380 e. The molecule has 0 aliphatic heterocycles. The van der Waals surface area contributed by atoms with Crippen molar-refractivity contribution in [3.63, 3.8) is 0 Å². The lowest BCUT2D eigenvalue weighted by Gasteiger charge is -2.11. The lowest BCUT2D eigenvalue weighted by atomic mass is 10.1. The van der Waals surface area contributed by atoms with E-state index < -0.39 is 0 Å². The standard InChI is InChI=1S/C12H27N3O.HI/c1-5-7-14-12(13-4)15-8-10-16-9-6-11(2)3;/h11H,5-10H2,1-4H3,(H2,13,14,15);1H. The lowest BCUT2D eigenvalue weighted by molar-refractivity contribution is 0.128. The van der Waals surface area contributed by atoms with Gasteiger partial charge in [-0.1, -0.05) is 20.8 Å². The second-order valence-corrected chi connectivity index (χ2v) is 4.22. The minimum atomic E-state index is 0. The van der Waals surface area contributed by atoms with Crippen LogP contribution in [0, 0.1) is 5.92 Å². The van der Waals surface area contributed by atoms with Crippen molar-refractivity contribution < 1.29 is 4.74 Å². The number of rotatable bonds is 8. The van der Waals surface area contributed by atoms with Crippen molar-refractivity contribution in [2.24, 2.45) is 10.9 Å². The minimum absolute atomic E-state index is 0. The van der Waals surface area contributed by atoms with E-state index in [1.165, 1.54) is 0 Å². The molecule has 0 fully saturated rings. The maximum atomic E-state index is 5.50. The Bertz CT molecular complexity index is 187. The van der Waals surface area contributed by atoms with Gasteiger partial charge in [-0.2, -0.15) is 0 Å². The van der Waals surface area contributed by atoms with Gasteiger partial charge in [-0.25, -0.2) is 0 Å². The largest absolute Gasteiger partial charge is 0.380 e. The number of nitrogens with zero attached hydrogens (tertiary/aromatic N) is 1. The third-order valence-corrected chi connectivity index (χ3v) is 2.14. The summed E-state index contributed by atoms with van der Waals surface area (Å²) in [6.45, 7) is 9.89. The molecule has 0 aliphatic carbocycles. The van der Waals surface area contributed by atoms with E-state index in [0.29, 0.717) is 5.92 Å². The van der Waals surface area contributed by atoms with Gasteiger partial charge in [0.05, 0.1) is 6.61 Å². The molecule has 5 heteroatoms. The highest BCUT2D eigenvalue weighted by molar-refractivity contribution is 14.0. The maximum Gasteiger partial charge on any atom is 0.191 e. The zero-order valence-electron chi connectivity index (χ0n) is 11.6. The molecule has 0 heterocycles. The van der Waals surface area contributed by atoms with Gasteiger partial charge in [0, 0.05) is 26.7 Å². The van der Waals surface area contributed by atoms with E-state index in [-0.39, 0.29) is 24.0 Å². The van der Waals surface area contributed by atoms with Crippen molar-refractivity contribution in [1.29, 1.82) is 0 Å². The summed E-state index contributed by atoms with van der Waals surface area (Å²) in [6.07, 6.45) is 2.23. The molecule has 0 atom stereocenters. The van der Waals surface area contributed by atoms with Gasteiger partial charge in [0.2, 0.25) is 0 Å². The highest BCUT2D eigenvalue weighted by Gasteiger charge is 1.96. The van der Waals surface area contributed by atoms with E-state index in [1.807, 2.05) is 0 Å². The molecule has 104 valence electrons. The number of nitrogens with one attached hydrogen (secondary N) is 2. The van der Waals surface area contributed by atoms with Crippen LogP contribution in [0.2, 0.25) is 0 Å². The number of aliphatic imine (C=N–C) groups is 1. The first-order valence-corrected chi connectivity index (χ1v) is 6.23. The molecule has 0 radical (unpaired) electrons. The summed E-state index contributed by atoms with van der Waals surface area (Å²) in [5.74, 6) is 1.57. The van der Waals surface area contributed by atoms with Crippen LogP contribution in [0.4, 0.5) is 0 Å². The zero-order valence-corrected chi connectivity index (χ0v) is 13.9. The normalized spacial score (nSPS) is 11.2. The van der Waals surface area contributed by atoms with Gasteiger partial charge < -0.3 is 15.4 Å². The lowest BCUT2D eigenvalue weighted by Crippen LogP contribution is -2.39. The first kappa shape index (κ1) is 19.3. The molecule has 0 aliphatic rings. The second-order valence-electron chi connectivity index (χ2n) is 4.22. The summed E-state index contributed by atoms with van der Waals surface area (Å²) < 4.78 is 5.50. The van der Waals surface area contributed by atoms with Crippen LogP contribution in [0.15, 0.2) is 4.99 Å². The molecule has 2 N–H and O–H groups in total. The molecule has 0 rings (SSSR count). The first-order chi connectivity index (χ1) is 7.70. The van der Waals surface area contributed by atoms with Crippen LogP contribution in [0.5, 0.6) is 0 Å². The molecule has 0 saturated heterocycles. The Labute approximate surface area is 123 Å². The van der Waals surface area contributed by atoms with Crippen molar-refractivity contribution in [3.8, 4) is 0 Å². The van der Waals surface area contributed by atoms with Crippen molar-refractivity contribution in [2.45, 2.75) is 33.6 Å². The molecular formula is C12H28IN3O. The Morgan fingerprint density at radius 2 is 1.82 bits per heavy atom. The number of hydrogen-bond acceptors (Lipinski definition) is 2. The van der Waals surface area contributed by atoms with Gasteiger partial charge in [-0.05, 0) is 18.8 Å². The van der Waals surface area contributed by atoms with Crippen LogP contribution in [-0.2, 0) is 4.74 Å². The van der Waals surface area contributed by atoms with Crippen LogP contribution < -0.4 is 10.6 Å². The quantitative estimate of drug-likeness (QED) is 0.303. The molecular weight excluding hydrogens is 329 g/mol. The fourth-order valence-electron chi connectivity index (χ4n) is 1.13. The number of halogens is 1. The van der Waals surface area contributed by atoms with Crippen molar-refractivity contribution in [1.82, 2.24) is 10.6 Å². The Morgan fingerprint density at radius 1 is 1.18 bits per heavy atom. The summed E-state index contributed by atoms with van der Waals surface area (Å²) in [5, 5.41) is 6.42. The number of ether oxygens (including phenoxy) is 1. The van der Waals surface area contributed by atoms with Gasteiger partial charge in [-0.15, -0.1) is 24.0 Å². The van der Waals surface area contributed by atoms with Crippen LogP contribution in [0.3, 0.4) is 0 Å². The third-order valence-electron chi connectivity index (χ3n) is 2.14. The molecule has 0 aromatic heterocycles. The molecule has 4 nitrogen and oxygen atoms in total. The third kappa shape index (κ3) is 13.9. The average molecular weight is 357 g/mol. The first-order valence-electron chi connectivity index (χ1n) is 6.23. The molecule has 0 aromatic rings. The summed E-state index contributed by atoms with van der Waals surface area (Å²) >= 11 is 0.